The third-order valence-corrected chi connectivity index (χ3v) is 2.87. The van der Waals surface area contributed by atoms with E-state index in [1.807, 2.05) is 7.05 Å². The van der Waals surface area contributed by atoms with Crippen LogP contribution in [0.15, 0.2) is 18.5 Å². The maximum absolute atomic E-state index is 3.38. The Labute approximate surface area is 93.7 Å². The minimum Gasteiger partial charge on any atom is -0.354 e. The van der Waals surface area contributed by atoms with Crippen LogP contribution in [0.1, 0.15) is 51.1 Å². The summed E-state index contributed by atoms with van der Waals surface area (Å²) in [6, 6.07) is 2.77. The van der Waals surface area contributed by atoms with E-state index in [0.717, 1.165) is 6.54 Å². The Hall–Kier alpha value is -0.760. The fraction of sp³-hybridized carbons (Fsp3) is 0.692. The maximum Gasteiger partial charge on any atom is 0.0332 e. The minimum absolute atomic E-state index is 0.526. The number of aryl methyl sites for hydroxylation is 1. The predicted octanol–water partition coefficient (Wildman–Crippen LogP) is 3.35. The molecule has 0 saturated heterocycles. The highest BCUT2D eigenvalue weighted by molar-refractivity contribution is 5.15. The van der Waals surface area contributed by atoms with Gasteiger partial charge in [-0.3, -0.25) is 0 Å². The third-order valence-electron chi connectivity index (χ3n) is 2.87. The first-order valence-electron chi connectivity index (χ1n) is 6.14. The molecule has 0 aliphatic heterocycles. The molecular formula is C13H24N2. The highest BCUT2D eigenvalue weighted by Crippen LogP contribution is 2.18. The highest BCUT2D eigenvalue weighted by Gasteiger charge is 2.08. The van der Waals surface area contributed by atoms with Crippen LogP contribution in [0.2, 0.25) is 0 Å². The SMILES string of the molecule is CCCCn1ccc(C(CCC)NC)c1. The first kappa shape index (κ1) is 12.3. The van der Waals surface area contributed by atoms with Gasteiger partial charge in [0.25, 0.3) is 0 Å². The van der Waals surface area contributed by atoms with Gasteiger partial charge in [0, 0.05) is 25.0 Å². The van der Waals surface area contributed by atoms with E-state index in [-0.39, 0.29) is 0 Å². The molecule has 0 spiro atoms. The van der Waals surface area contributed by atoms with E-state index in [1.165, 1.54) is 31.2 Å². The Morgan fingerprint density at radius 3 is 2.73 bits per heavy atom. The molecule has 1 aromatic heterocycles. The Kier molecular flexibility index (Phi) is 5.48. The molecule has 0 aliphatic carbocycles. The van der Waals surface area contributed by atoms with E-state index < -0.39 is 0 Å². The predicted molar refractivity (Wildman–Crippen MR) is 66.0 cm³/mol. The standard InChI is InChI=1S/C13H24N2/c1-4-6-9-15-10-8-12(11-15)13(14-3)7-5-2/h8,10-11,13-14H,4-7,9H2,1-3H3. The van der Waals surface area contributed by atoms with Crippen LogP contribution < -0.4 is 5.32 Å². The van der Waals surface area contributed by atoms with Crippen molar-refractivity contribution in [2.75, 3.05) is 7.05 Å². The molecule has 0 amide bonds. The molecule has 0 aromatic carbocycles. The average Bonchev–Trinajstić information content (AvgIpc) is 2.71. The molecule has 86 valence electrons. The summed E-state index contributed by atoms with van der Waals surface area (Å²) in [5.41, 5.74) is 1.43. The molecule has 0 aliphatic rings. The zero-order chi connectivity index (χ0) is 11.1. The van der Waals surface area contributed by atoms with Gasteiger partial charge >= 0.3 is 0 Å². The lowest BCUT2D eigenvalue weighted by atomic mass is 10.1. The molecule has 2 heteroatoms. The quantitative estimate of drug-likeness (QED) is 0.727. The second-order valence-electron chi connectivity index (χ2n) is 4.17. The maximum atomic E-state index is 3.38. The van der Waals surface area contributed by atoms with Gasteiger partial charge in [-0.05, 0) is 31.5 Å². The molecule has 1 N–H and O–H groups in total. The van der Waals surface area contributed by atoms with E-state index in [9.17, 15) is 0 Å². The van der Waals surface area contributed by atoms with Crippen LogP contribution in [0.25, 0.3) is 0 Å². The van der Waals surface area contributed by atoms with E-state index >= 15 is 0 Å². The first-order valence-corrected chi connectivity index (χ1v) is 6.14. The number of nitrogens with zero attached hydrogens (tertiary/aromatic N) is 1. The van der Waals surface area contributed by atoms with Gasteiger partial charge in [0.05, 0.1) is 0 Å². The number of hydrogen-bond acceptors (Lipinski definition) is 1. The lowest BCUT2D eigenvalue weighted by Gasteiger charge is -2.13. The van der Waals surface area contributed by atoms with Gasteiger partial charge in [-0.25, -0.2) is 0 Å². The Balaban J connectivity index is 2.56. The van der Waals surface area contributed by atoms with Crippen molar-refractivity contribution in [2.45, 2.75) is 52.1 Å². The molecule has 1 atom stereocenters. The van der Waals surface area contributed by atoms with E-state index in [0.29, 0.717) is 6.04 Å². The van der Waals surface area contributed by atoms with Crippen LogP contribution in [0.5, 0.6) is 0 Å². The lowest BCUT2D eigenvalue weighted by molar-refractivity contribution is 0.539. The zero-order valence-corrected chi connectivity index (χ0v) is 10.3. The average molecular weight is 208 g/mol. The monoisotopic (exact) mass is 208 g/mol. The summed E-state index contributed by atoms with van der Waals surface area (Å²) in [6.45, 7) is 5.62. The Morgan fingerprint density at radius 2 is 2.13 bits per heavy atom. The van der Waals surface area contributed by atoms with Crippen molar-refractivity contribution in [3.8, 4) is 0 Å². The van der Waals surface area contributed by atoms with Crippen molar-refractivity contribution in [1.82, 2.24) is 9.88 Å². The van der Waals surface area contributed by atoms with Crippen LogP contribution in [0, 0.1) is 0 Å². The molecule has 15 heavy (non-hydrogen) atoms. The molecule has 1 rings (SSSR count). The van der Waals surface area contributed by atoms with Gasteiger partial charge in [0.2, 0.25) is 0 Å². The molecule has 2 nitrogen and oxygen atoms in total. The molecule has 1 aromatic rings. The molecule has 0 radical (unpaired) electrons. The summed E-state index contributed by atoms with van der Waals surface area (Å²) in [6.07, 6.45) is 9.46. The van der Waals surface area contributed by atoms with Gasteiger partial charge < -0.3 is 9.88 Å². The van der Waals surface area contributed by atoms with Crippen molar-refractivity contribution in [1.29, 1.82) is 0 Å². The Bertz CT molecular complexity index is 265. The van der Waals surface area contributed by atoms with Crippen molar-refractivity contribution >= 4 is 0 Å². The highest BCUT2D eigenvalue weighted by atomic mass is 14.9. The van der Waals surface area contributed by atoms with E-state index in [4.69, 9.17) is 0 Å². The van der Waals surface area contributed by atoms with Crippen molar-refractivity contribution in [2.24, 2.45) is 0 Å². The summed E-state index contributed by atoms with van der Waals surface area (Å²) in [5.74, 6) is 0. The topological polar surface area (TPSA) is 17.0 Å². The number of unbranched alkanes of at least 4 members (excludes halogenated alkanes) is 1. The number of nitrogens with one attached hydrogen (secondary N) is 1. The molecule has 0 bridgehead atoms. The lowest BCUT2D eigenvalue weighted by Crippen LogP contribution is -2.15. The number of aromatic nitrogens is 1. The molecule has 1 unspecified atom stereocenters. The molecular weight excluding hydrogens is 184 g/mol. The van der Waals surface area contributed by atoms with Crippen LogP contribution in [-0.4, -0.2) is 11.6 Å². The minimum atomic E-state index is 0.526. The fourth-order valence-electron chi connectivity index (χ4n) is 1.91. The first-order chi connectivity index (χ1) is 7.31. The fourth-order valence-corrected chi connectivity index (χ4v) is 1.91. The van der Waals surface area contributed by atoms with Crippen molar-refractivity contribution in [3.05, 3.63) is 24.0 Å². The van der Waals surface area contributed by atoms with Gasteiger partial charge in [-0.15, -0.1) is 0 Å². The second-order valence-corrected chi connectivity index (χ2v) is 4.17. The summed E-state index contributed by atoms with van der Waals surface area (Å²) in [7, 11) is 2.05. The van der Waals surface area contributed by atoms with E-state index in [1.54, 1.807) is 0 Å². The van der Waals surface area contributed by atoms with Crippen LogP contribution in [0.3, 0.4) is 0 Å². The molecule has 0 fully saturated rings. The summed E-state index contributed by atoms with van der Waals surface area (Å²) in [4.78, 5) is 0. The van der Waals surface area contributed by atoms with Gasteiger partial charge in [0.15, 0.2) is 0 Å². The summed E-state index contributed by atoms with van der Waals surface area (Å²) >= 11 is 0. The van der Waals surface area contributed by atoms with Gasteiger partial charge in [-0.1, -0.05) is 26.7 Å². The zero-order valence-electron chi connectivity index (χ0n) is 10.3. The molecule has 0 saturated carbocycles. The smallest absolute Gasteiger partial charge is 0.0332 e. The summed E-state index contributed by atoms with van der Waals surface area (Å²) < 4.78 is 2.30. The Morgan fingerprint density at radius 1 is 1.33 bits per heavy atom. The second kappa shape index (κ2) is 6.67. The summed E-state index contributed by atoms with van der Waals surface area (Å²) in [5, 5.41) is 3.38. The van der Waals surface area contributed by atoms with Crippen molar-refractivity contribution < 1.29 is 0 Å². The largest absolute Gasteiger partial charge is 0.354 e. The van der Waals surface area contributed by atoms with Crippen LogP contribution >= 0.6 is 0 Å². The van der Waals surface area contributed by atoms with Gasteiger partial charge in [0.1, 0.15) is 0 Å². The third kappa shape index (κ3) is 3.71. The molecule has 1 heterocycles. The van der Waals surface area contributed by atoms with Gasteiger partial charge in [-0.2, -0.15) is 0 Å². The van der Waals surface area contributed by atoms with Crippen LogP contribution in [0.4, 0.5) is 0 Å². The number of rotatable bonds is 7. The van der Waals surface area contributed by atoms with Crippen LogP contribution in [-0.2, 0) is 6.54 Å². The van der Waals surface area contributed by atoms with E-state index in [2.05, 4.69) is 42.2 Å². The number of hydrogen-bond donors (Lipinski definition) is 1. The normalized spacial score (nSPS) is 13.0. The van der Waals surface area contributed by atoms with Crippen molar-refractivity contribution in [3.63, 3.8) is 0 Å².